The van der Waals surface area contributed by atoms with Gasteiger partial charge in [0.25, 0.3) is 0 Å². The highest BCUT2D eigenvalue weighted by Gasteiger charge is 2.37. The molecule has 0 fully saturated rings. The van der Waals surface area contributed by atoms with Gasteiger partial charge in [-0.1, -0.05) is 121 Å². The van der Waals surface area contributed by atoms with Gasteiger partial charge in [0.05, 0.1) is 67.1 Å². The first-order chi connectivity index (χ1) is 35.0. The summed E-state index contributed by atoms with van der Waals surface area (Å²) in [4.78, 5) is 5.15. The average Bonchev–Trinajstić information content (AvgIpc) is 4.12. The van der Waals surface area contributed by atoms with E-state index in [-0.39, 0.29) is 17.2 Å². The van der Waals surface area contributed by atoms with Crippen molar-refractivity contribution in [2.75, 3.05) is 0 Å². The van der Waals surface area contributed by atoms with Gasteiger partial charge in [-0.2, -0.15) is 26.3 Å². The summed E-state index contributed by atoms with van der Waals surface area (Å²) in [6.45, 7) is 0. The Balaban J connectivity index is 1.07. The van der Waals surface area contributed by atoms with E-state index in [1.165, 1.54) is 0 Å². The summed E-state index contributed by atoms with van der Waals surface area (Å²) in [6, 6.07) is 63.7. The molecule has 0 bridgehead atoms. The Bertz CT molecular complexity index is 4430. The van der Waals surface area contributed by atoms with Crippen molar-refractivity contribution >= 4 is 87.2 Å². The molecule has 9 aromatic carbocycles. The minimum absolute atomic E-state index is 0.117. The lowest BCUT2D eigenvalue weighted by molar-refractivity contribution is -0.143. The zero-order valence-electron chi connectivity index (χ0n) is 37.7. The standard InChI is InChI=1S/C61H35F6N5/c62-60(63,64)37-29-36(30-38(31-37)61(65,66)67)49-34-59(72-55-24-12-6-18-46(55)48-28-26-40(33-57(48)72)70-52-21-9-3-15-43(52)44-16-4-10-22-53(44)70)68-35-58(49)71-54-23-11-5-17-45(54)47-27-25-39(32-56(47)71)69-50-19-7-1-13-41(50)42-14-2-8-20-51(42)69/h1-35H. The lowest BCUT2D eigenvalue weighted by atomic mass is 9.98. The van der Waals surface area contributed by atoms with Gasteiger partial charge in [-0.25, -0.2) is 4.98 Å². The molecule has 14 aromatic rings. The van der Waals surface area contributed by atoms with Crippen molar-refractivity contribution in [1.82, 2.24) is 23.3 Å². The molecule has 0 amide bonds. The molecule has 0 N–H and O–H groups in total. The van der Waals surface area contributed by atoms with Crippen LogP contribution in [0.1, 0.15) is 11.1 Å². The first-order valence-corrected chi connectivity index (χ1v) is 23.3. The van der Waals surface area contributed by atoms with Crippen LogP contribution in [0.2, 0.25) is 0 Å². The van der Waals surface area contributed by atoms with Gasteiger partial charge in [-0.15, -0.1) is 0 Å². The molecule has 346 valence electrons. The Kier molecular flexibility index (Phi) is 8.84. The molecule has 11 heteroatoms. The van der Waals surface area contributed by atoms with Crippen molar-refractivity contribution in [3.63, 3.8) is 0 Å². The summed E-state index contributed by atoms with van der Waals surface area (Å²) < 4.78 is 97.3. The molecule has 0 radical (unpaired) electrons. The van der Waals surface area contributed by atoms with Crippen LogP contribution in [0.15, 0.2) is 212 Å². The number of pyridine rings is 1. The van der Waals surface area contributed by atoms with E-state index in [1.54, 1.807) is 12.3 Å². The number of hydrogen-bond donors (Lipinski definition) is 0. The first kappa shape index (κ1) is 41.8. The first-order valence-electron chi connectivity index (χ1n) is 23.3. The van der Waals surface area contributed by atoms with E-state index in [0.29, 0.717) is 22.5 Å². The van der Waals surface area contributed by atoms with Gasteiger partial charge in [0, 0.05) is 60.0 Å². The molecule has 0 unspecified atom stereocenters. The highest BCUT2D eigenvalue weighted by Crippen LogP contribution is 2.44. The largest absolute Gasteiger partial charge is 0.416 e. The van der Waals surface area contributed by atoms with Gasteiger partial charge < -0.3 is 13.7 Å². The Morgan fingerprint density at radius 3 is 1.03 bits per heavy atom. The van der Waals surface area contributed by atoms with Gasteiger partial charge >= 0.3 is 12.4 Å². The van der Waals surface area contributed by atoms with E-state index in [2.05, 4.69) is 75.9 Å². The Morgan fingerprint density at radius 2 is 0.639 bits per heavy atom. The third-order valence-corrected chi connectivity index (χ3v) is 14.2. The molecule has 0 saturated heterocycles. The second kappa shape index (κ2) is 15.2. The lowest BCUT2D eigenvalue weighted by Gasteiger charge is -2.19. The van der Waals surface area contributed by atoms with E-state index in [0.717, 1.165) is 99.7 Å². The van der Waals surface area contributed by atoms with Gasteiger partial charge in [0.2, 0.25) is 0 Å². The summed E-state index contributed by atoms with van der Waals surface area (Å²) in [7, 11) is 0. The molecular formula is C61H35F6N5. The van der Waals surface area contributed by atoms with E-state index < -0.39 is 23.5 Å². The van der Waals surface area contributed by atoms with Gasteiger partial charge in [-0.05, 0) is 90.5 Å². The van der Waals surface area contributed by atoms with Gasteiger partial charge in [0.1, 0.15) is 5.82 Å². The molecule has 72 heavy (non-hydrogen) atoms. The number of rotatable bonds is 5. The van der Waals surface area contributed by atoms with Crippen LogP contribution in [0.4, 0.5) is 26.3 Å². The fraction of sp³-hybridized carbons (Fsp3) is 0.0328. The van der Waals surface area contributed by atoms with Crippen molar-refractivity contribution in [3.05, 3.63) is 224 Å². The molecule has 0 saturated carbocycles. The molecule has 5 aromatic heterocycles. The average molecular weight is 952 g/mol. The molecule has 0 spiro atoms. The quantitative estimate of drug-likeness (QED) is 0.158. The predicted octanol–water partition coefficient (Wildman–Crippen LogP) is 17.2. The summed E-state index contributed by atoms with van der Waals surface area (Å²) in [6.07, 6.45) is -8.60. The van der Waals surface area contributed by atoms with Crippen LogP contribution in [-0.2, 0) is 12.4 Å². The summed E-state index contributed by atoms with van der Waals surface area (Å²) in [5, 5.41) is 7.76. The van der Waals surface area contributed by atoms with Crippen LogP contribution < -0.4 is 0 Å². The van der Waals surface area contributed by atoms with Crippen LogP contribution >= 0.6 is 0 Å². The lowest BCUT2D eigenvalue weighted by Crippen LogP contribution is -2.11. The van der Waals surface area contributed by atoms with Gasteiger partial charge in [-0.3, -0.25) is 4.57 Å². The highest BCUT2D eigenvalue weighted by molar-refractivity contribution is 6.14. The zero-order valence-corrected chi connectivity index (χ0v) is 37.7. The second-order valence-electron chi connectivity index (χ2n) is 18.2. The van der Waals surface area contributed by atoms with E-state index in [9.17, 15) is 26.3 Å². The fourth-order valence-corrected chi connectivity index (χ4v) is 11.2. The molecule has 0 aliphatic rings. The minimum Gasteiger partial charge on any atom is -0.309 e. The number of alkyl halides is 6. The molecule has 5 nitrogen and oxygen atoms in total. The van der Waals surface area contributed by atoms with Crippen LogP contribution in [0.25, 0.3) is 121 Å². The monoisotopic (exact) mass is 951 g/mol. The number of nitrogens with zero attached hydrogens (tertiary/aromatic N) is 5. The van der Waals surface area contributed by atoms with Crippen molar-refractivity contribution in [2.45, 2.75) is 12.4 Å². The van der Waals surface area contributed by atoms with E-state index in [4.69, 9.17) is 4.98 Å². The predicted molar refractivity (Wildman–Crippen MR) is 277 cm³/mol. The molecule has 0 aliphatic heterocycles. The molecule has 0 aliphatic carbocycles. The van der Waals surface area contributed by atoms with E-state index in [1.807, 2.05) is 124 Å². The van der Waals surface area contributed by atoms with Crippen molar-refractivity contribution in [3.8, 4) is 34.0 Å². The maximum absolute atomic E-state index is 14.9. The topological polar surface area (TPSA) is 32.6 Å². The molecule has 0 atom stereocenters. The maximum Gasteiger partial charge on any atom is 0.416 e. The van der Waals surface area contributed by atoms with Gasteiger partial charge in [0.15, 0.2) is 0 Å². The Labute approximate surface area is 405 Å². The van der Waals surface area contributed by atoms with Crippen LogP contribution in [-0.4, -0.2) is 23.3 Å². The highest BCUT2D eigenvalue weighted by atomic mass is 19.4. The smallest absolute Gasteiger partial charge is 0.309 e. The number of fused-ring (bicyclic) bond motifs is 12. The van der Waals surface area contributed by atoms with Crippen LogP contribution in [0, 0.1) is 0 Å². The second-order valence-corrected chi connectivity index (χ2v) is 18.2. The van der Waals surface area contributed by atoms with Crippen molar-refractivity contribution in [2.24, 2.45) is 0 Å². The third-order valence-electron chi connectivity index (χ3n) is 14.2. The molecule has 5 heterocycles. The van der Waals surface area contributed by atoms with Crippen molar-refractivity contribution in [1.29, 1.82) is 0 Å². The number of halogens is 6. The number of aromatic nitrogens is 5. The summed E-state index contributed by atoms with van der Waals surface area (Å²) >= 11 is 0. The van der Waals surface area contributed by atoms with Crippen LogP contribution in [0.3, 0.4) is 0 Å². The SMILES string of the molecule is FC(F)(F)c1cc(-c2cc(-n3c4ccccc4c4ccc(-n5c6ccccc6c6ccccc65)cc43)ncc2-n2c3ccccc3c3ccc(-n4c5ccccc5c5ccccc54)cc32)cc(C(F)(F)F)c1. The third kappa shape index (κ3) is 6.19. The number of para-hydroxylation sites is 6. The van der Waals surface area contributed by atoms with Crippen molar-refractivity contribution < 1.29 is 26.3 Å². The molecular weight excluding hydrogens is 917 g/mol. The number of benzene rings is 9. The minimum atomic E-state index is -5.09. The summed E-state index contributed by atoms with van der Waals surface area (Å²) in [5.74, 6) is 0.303. The van der Waals surface area contributed by atoms with Crippen LogP contribution in [0.5, 0.6) is 0 Å². The Morgan fingerprint density at radius 1 is 0.306 bits per heavy atom. The normalized spacial score (nSPS) is 12.6. The maximum atomic E-state index is 14.9. The van der Waals surface area contributed by atoms with E-state index >= 15 is 0 Å². The number of hydrogen-bond acceptors (Lipinski definition) is 1. The summed E-state index contributed by atoms with van der Waals surface area (Å²) in [5.41, 5.74) is 5.82. The Hall–Kier alpha value is -9.09. The molecule has 14 rings (SSSR count). The zero-order chi connectivity index (χ0) is 48.6. The fourth-order valence-electron chi connectivity index (χ4n) is 11.2.